The fraction of sp³-hybridized carbons (Fsp3) is 0.533. The van der Waals surface area contributed by atoms with Gasteiger partial charge in [-0.2, -0.15) is 0 Å². The minimum Gasteiger partial charge on any atom is -0.458 e. The van der Waals surface area contributed by atoms with Gasteiger partial charge in [-0.3, -0.25) is 4.79 Å². The number of esters is 1. The second kappa shape index (κ2) is 5.29. The Balaban J connectivity index is 2.20. The molecule has 1 aliphatic heterocycles. The van der Waals surface area contributed by atoms with E-state index in [1.54, 1.807) is 13.0 Å². The molecule has 0 amide bonds. The van der Waals surface area contributed by atoms with E-state index in [-0.39, 0.29) is 23.3 Å². The lowest BCUT2D eigenvalue weighted by Crippen LogP contribution is -2.52. The Kier molecular flexibility index (Phi) is 3.90. The fourth-order valence-corrected chi connectivity index (χ4v) is 2.38. The molecule has 2 rings (SSSR count). The lowest BCUT2D eigenvalue weighted by molar-refractivity contribution is -0.148. The molecule has 1 heterocycles. The van der Waals surface area contributed by atoms with Crippen LogP contribution in [0.25, 0.3) is 0 Å². The highest BCUT2D eigenvalue weighted by molar-refractivity contribution is 5.66. The van der Waals surface area contributed by atoms with Gasteiger partial charge in [-0.15, -0.1) is 0 Å². The van der Waals surface area contributed by atoms with Crippen LogP contribution in [0.5, 0.6) is 0 Å². The summed E-state index contributed by atoms with van der Waals surface area (Å²) in [6.07, 6.45) is 0.335. The topological polar surface area (TPSA) is 38.3 Å². The highest BCUT2D eigenvalue weighted by Crippen LogP contribution is 2.36. The fourth-order valence-electron chi connectivity index (χ4n) is 2.38. The van der Waals surface area contributed by atoms with E-state index in [4.69, 9.17) is 4.74 Å². The van der Waals surface area contributed by atoms with Crippen molar-refractivity contribution in [2.75, 3.05) is 13.1 Å². The quantitative estimate of drug-likeness (QED) is 0.851. The van der Waals surface area contributed by atoms with Gasteiger partial charge in [0.1, 0.15) is 11.9 Å². The monoisotopic (exact) mass is 265 g/mol. The van der Waals surface area contributed by atoms with Gasteiger partial charge in [-0.05, 0) is 36.0 Å². The van der Waals surface area contributed by atoms with Crippen molar-refractivity contribution in [2.45, 2.75) is 33.3 Å². The summed E-state index contributed by atoms with van der Waals surface area (Å²) < 4.78 is 19.0. The summed E-state index contributed by atoms with van der Waals surface area (Å²) in [7, 11) is 0. The Bertz CT molecular complexity index is 483. The Hall–Kier alpha value is -1.42. The van der Waals surface area contributed by atoms with Gasteiger partial charge < -0.3 is 10.1 Å². The van der Waals surface area contributed by atoms with Crippen molar-refractivity contribution < 1.29 is 13.9 Å². The van der Waals surface area contributed by atoms with Gasteiger partial charge in [-0.25, -0.2) is 4.39 Å². The number of hydrogen-bond donors (Lipinski definition) is 1. The van der Waals surface area contributed by atoms with Gasteiger partial charge in [-0.1, -0.05) is 19.1 Å². The van der Waals surface area contributed by atoms with Crippen LogP contribution in [0.15, 0.2) is 18.2 Å². The Morgan fingerprint density at radius 1 is 1.53 bits per heavy atom. The molecule has 0 aromatic heterocycles. The van der Waals surface area contributed by atoms with Crippen LogP contribution in [0, 0.1) is 18.2 Å². The van der Waals surface area contributed by atoms with Crippen molar-refractivity contribution in [1.29, 1.82) is 0 Å². The van der Waals surface area contributed by atoms with Gasteiger partial charge in [0.15, 0.2) is 0 Å². The van der Waals surface area contributed by atoms with Gasteiger partial charge in [0.25, 0.3) is 0 Å². The van der Waals surface area contributed by atoms with Gasteiger partial charge in [0, 0.05) is 20.0 Å². The lowest BCUT2D eigenvalue weighted by Gasteiger charge is -2.41. The SMILES string of the molecule is CC(=O)OC(CC1(C)CNC1)c1ccc(C)c(F)c1. The van der Waals surface area contributed by atoms with Crippen LogP contribution < -0.4 is 5.32 Å². The summed E-state index contributed by atoms with van der Waals surface area (Å²) in [5, 5.41) is 3.22. The molecule has 3 nitrogen and oxygen atoms in total. The van der Waals surface area contributed by atoms with E-state index in [0.717, 1.165) is 18.7 Å². The standard InChI is InChI=1S/C15H20FNO2/c1-10-4-5-12(6-13(10)16)14(19-11(2)18)7-15(3)8-17-9-15/h4-6,14,17H,7-9H2,1-3H3. The molecule has 4 heteroatoms. The number of nitrogens with one attached hydrogen (secondary N) is 1. The normalized spacial score (nSPS) is 18.5. The van der Waals surface area contributed by atoms with Crippen molar-refractivity contribution in [2.24, 2.45) is 5.41 Å². The van der Waals surface area contributed by atoms with Crippen LogP contribution in [0.1, 0.15) is 37.5 Å². The maximum absolute atomic E-state index is 13.7. The molecule has 0 saturated carbocycles. The third-order valence-corrected chi connectivity index (χ3v) is 3.66. The molecule has 0 bridgehead atoms. The van der Waals surface area contributed by atoms with Crippen molar-refractivity contribution in [3.8, 4) is 0 Å². The van der Waals surface area contributed by atoms with E-state index in [9.17, 15) is 9.18 Å². The zero-order valence-electron chi connectivity index (χ0n) is 11.6. The zero-order valence-corrected chi connectivity index (χ0v) is 11.6. The smallest absolute Gasteiger partial charge is 0.303 e. The van der Waals surface area contributed by atoms with Gasteiger partial charge >= 0.3 is 5.97 Å². The Labute approximate surface area is 113 Å². The number of hydrogen-bond acceptors (Lipinski definition) is 3. The number of benzene rings is 1. The molecule has 19 heavy (non-hydrogen) atoms. The average Bonchev–Trinajstić information content (AvgIpc) is 2.29. The van der Waals surface area contributed by atoms with Crippen LogP contribution in [-0.4, -0.2) is 19.1 Å². The molecule has 1 aromatic rings. The third-order valence-electron chi connectivity index (χ3n) is 3.66. The second-order valence-corrected chi connectivity index (χ2v) is 5.73. The number of aryl methyl sites for hydroxylation is 1. The number of carbonyl (C=O) groups excluding carboxylic acids is 1. The summed E-state index contributed by atoms with van der Waals surface area (Å²) in [4.78, 5) is 11.2. The summed E-state index contributed by atoms with van der Waals surface area (Å²) >= 11 is 0. The summed E-state index contributed by atoms with van der Waals surface area (Å²) in [6, 6.07) is 5.03. The molecule has 1 fully saturated rings. The highest BCUT2D eigenvalue weighted by atomic mass is 19.1. The first-order valence-electron chi connectivity index (χ1n) is 6.54. The van der Waals surface area contributed by atoms with Gasteiger partial charge in [0.05, 0.1) is 0 Å². The van der Waals surface area contributed by atoms with E-state index in [1.807, 2.05) is 6.07 Å². The molecule has 1 N–H and O–H groups in total. The van der Waals surface area contributed by atoms with Crippen LogP contribution in [0.2, 0.25) is 0 Å². The first-order valence-corrected chi connectivity index (χ1v) is 6.54. The predicted molar refractivity (Wildman–Crippen MR) is 71.2 cm³/mol. The van der Waals surface area contributed by atoms with E-state index < -0.39 is 0 Å². The van der Waals surface area contributed by atoms with E-state index >= 15 is 0 Å². The minimum atomic E-state index is -0.375. The van der Waals surface area contributed by atoms with Crippen molar-refractivity contribution in [3.05, 3.63) is 35.1 Å². The second-order valence-electron chi connectivity index (χ2n) is 5.73. The van der Waals surface area contributed by atoms with Crippen LogP contribution in [0.4, 0.5) is 4.39 Å². The molecule has 1 aromatic carbocycles. The molecular weight excluding hydrogens is 245 g/mol. The summed E-state index contributed by atoms with van der Waals surface area (Å²) in [5.41, 5.74) is 1.44. The molecule has 1 saturated heterocycles. The third kappa shape index (κ3) is 3.32. The van der Waals surface area contributed by atoms with Crippen molar-refractivity contribution in [3.63, 3.8) is 0 Å². The predicted octanol–water partition coefficient (Wildman–Crippen LogP) is 2.74. The Morgan fingerprint density at radius 3 is 2.68 bits per heavy atom. The molecule has 0 aliphatic carbocycles. The highest BCUT2D eigenvalue weighted by Gasteiger charge is 2.35. The molecule has 1 atom stereocenters. The zero-order chi connectivity index (χ0) is 14.0. The van der Waals surface area contributed by atoms with Crippen LogP contribution in [0.3, 0.4) is 0 Å². The summed E-state index contributed by atoms with van der Waals surface area (Å²) in [6.45, 7) is 7.05. The first-order chi connectivity index (χ1) is 8.89. The molecule has 0 radical (unpaired) electrons. The van der Waals surface area contributed by atoms with Crippen LogP contribution >= 0.6 is 0 Å². The molecule has 1 aliphatic rings. The van der Waals surface area contributed by atoms with E-state index in [2.05, 4.69) is 12.2 Å². The molecule has 1 unspecified atom stereocenters. The van der Waals surface area contributed by atoms with Crippen molar-refractivity contribution in [1.82, 2.24) is 5.32 Å². The van der Waals surface area contributed by atoms with Crippen molar-refractivity contribution >= 4 is 5.97 Å². The van der Waals surface area contributed by atoms with Crippen LogP contribution in [-0.2, 0) is 9.53 Å². The molecule has 0 spiro atoms. The first kappa shape index (κ1) is 14.0. The molecular formula is C15H20FNO2. The maximum Gasteiger partial charge on any atom is 0.303 e. The Morgan fingerprint density at radius 2 is 2.21 bits per heavy atom. The largest absolute Gasteiger partial charge is 0.458 e. The average molecular weight is 265 g/mol. The number of carbonyl (C=O) groups is 1. The number of rotatable bonds is 4. The molecule has 104 valence electrons. The van der Waals surface area contributed by atoms with E-state index in [1.165, 1.54) is 13.0 Å². The number of ether oxygens (including phenoxy) is 1. The van der Waals surface area contributed by atoms with Gasteiger partial charge in [0.2, 0.25) is 0 Å². The van der Waals surface area contributed by atoms with E-state index in [0.29, 0.717) is 12.0 Å². The minimum absolute atomic E-state index is 0.113. The number of halogens is 1. The maximum atomic E-state index is 13.7. The lowest BCUT2D eigenvalue weighted by atomic mass is 9.77. The summed E-state index contributed by atoms with van der Waals surface area (Å²) in [5.74, 6) is -0.589.